The fourth-order valence-corrected chi connectivity index (χ4v) is 1.42. The van der Waals surface area contributed by atoms with E-state index in [0.717, 1.165) is 18.8 Å². The third-order valence-electron chi connectivity index (χ3n) is 2.31. The lowest BCUT2D eigenvalue weighted by Crippen LogP contribution is -2.22. The quantitative estimate of drug-likeness (QED) is 0.530. The minimum absolute atomic E-state index is 0.0455. The second kappa shape index (κ2) is 8.62. The number of rotatable bonds is 10. The molecule has 0 aliphatic rings. The monoisotopic (exact) mass is 256 g/mol. The van der Waals surface area contributed by atoms with Gasteiger partial charge in [-0.3, -0.25) is 4.79 Å². The molecule has 102 valence electrons. The van der Waals surface area contributed by atoms with Gasteiger partial charge in [0.2, 0.25) is 5.91 Å². The van der Waals surface area contributed by atoms with Crippen LogP contribution >= 0.6 is 0 Å². The molecular formula is C11H20N4O3. The lowest BCUT2D eigenvalue weighted by Gasteiger charge is -2.09. The van der Waals surface area contributed by atoms with Crippen molar-refractivity contribution in [3.8, 4) is 0 Å². The van der Waals surface area contributed by atoms with Crippen LogP contribution in [0.5, 0.6) is 0 Å². The van der Waals surface area contributed by atoms with Crippen LogP contribution in [0.25, 0.3) is 0 Å². The largest absolute Gasteiger partial charge is 0.383 e. The molecule has 0 aliphatic carbocycles. The van der Waals surface area contributed by atoms with Gasteiger partial charge in [-0.15, -0.1) is 0 Å². The fourth-order valence-electron chi connectivity index (χ4n) is 1.42. The highest BCUT2D eigenvalue weighted by molar-refractivity contribution is 5.74. The average molecular weight is 256 g/mol. The van der Waals surface area contributed by atoms with Gasteiger partial charge in [-0.1, -0.05) is 0 Å². The highest BCUT2D eigenvalue weighted by Crippen LogP contribution is 1.98. The average Bonchev–Trinajstić information content (AvgIpc) is 2.78. The van der Waals surface area contributed by atoms with Crippen molar-refractivity contribution in [2.75, 3.05) is 33.5 Å². The molecule has 0 unspecified atom stereocenters. The van der Waals surface area contributed by atoms with Crippen LogP contribution in [0.15, 0.2) is 12.5 Å². The van der Waals surface area contributed by atoms with Gasteiger partial charge in [-0.05, 0) is 0 Å². The SMILES string of the molecule is COCCNCc1cncn1CCOCC(N)=O. The summed E-state index contributed by atoms with van der Waals surface area (Å²) in [4.78, 5) is 14.6. The van der Waals surface area contributed by atoms with E-state index in [2.05, 4.69) is 10.3 Å². The van der Waals surface area contributed by atoms with Gasteiger partial charge in [0.05, 0.1) is 25.2 Å². The number of ether oxygens (including phenoxy) is 2. The van der Waals surface area contributed by atoms with Gasteiger partial charge in [0.1, 0.15) is 6.61 Å². The maximum Gasteiger partial charge on any atom is 0.243 e. The molecule has 1 heterocycles. The van der Waals surface area contributed by atoms with Crippen molar-refractivity contribution < 1.29 is 14.3 Å². The highest BCUT2D eigenvalue weighted by Gasteiger charge is 2.02. The number of carbonyl (C=O) groups is 1. The molecule has 0 fully saturated rings. The Kier molecular flexibility index (Phi) is 7.00. The Morgan fingerprint density at radius 2 is 2.39 bits per heavy atom. The third-order valence-corrected chi connectivity index (χ3v) is 2.31. The second-order valence-electron chi connectivity index (χ2n) is 3.77. The Hall–Kier alpha value is -1.44. The van der Waals surface area contributed by atoms with E-state index in [1.165, 1.54) is 0 Å². The Morgan fingerprint density at radius 3 is 3.11 bits per heavy atom. The van der Waals surface area contributed by atoms with Gasteiger partial charge >= 0.3 is 0 Å². The molecule has 0 aromatic carbocycles. The minimum atomic E-state index is -0.456. The van der Waals surface area contributed by atoms with Crippen molar-refractivity contribution in [2.45, 2.75) is 13.1 Å². The zero-order valence-electron chi connectivity index (χ0n) is 10.6. The molecule has 0 aliphatic heterocycles. The summed E-state index contributed by atoms with van der Waals surface area (Å²) in [5, 5.41) is 3.24. The normalized spacial score (nSPS) is 10.7. The fraction of sp³-hybridized carbons (Fsp3) is 0.636. The summed E-state index contributed by atoms with van der Waals surface area (Å²) in [5.74, 6) is -0.456. The molecule has 0 spiro atoms. The van der Waals surface area contributed by atoms with Crippen molar-refractivity contribution in [3.63, 3.8) is 0 Å². The molecule has 1 aromatic rings. The number of hydrogen-bond donors (Lipinski definition) is 2. The molecule has 7 nitrogen and oxygen atoms in total. The number of nitrogens with one attached hydrogen (secondary N) is 1. The molecule has 0 saturated carbocycles. The first-order valence-electron chi connectivity index (χ1n) is 5.78. The first kappa shape index (κ1) is 14.6. The number of nitrogens with two attached hydrogens (primary N) is 1. The number of carbonyl (C=O) groups excluding carboxylic acids is 1. The van der Waals surface area contributed by atoms with Gasteiger partial charge < -0.3 is 25.1 Å². The summed E-state index contributed by atoms with van der Waals surface area (Å²) in [6.07, 6.45) is 3.54. The van der Waals surface area contributed by atoms with Gasteiger partial charge in [0, 0.05) is 32.9 Å². The summed E-state index contributed by atoms with van der Waals surface area (Å²) < 4.78 is 12.0. The standard InChI is InChI=1S/C11H20N4O3/c1-17-4-2-13-6-10-7-14-9-15(10)3-5-18-8-11(12)16/h7,9,13H,2-6,8H2,1H3,(H2,12,16). The summed E-state index contributed by atoms with van der Waals surface area (Å²) in [6, 6.07) is 0. The van der Waals surface area contributed by atoms with Gasteiger partial charge in [0.25, 0.3) is 0 Å². The van der Waals surface area contributed by atoms with Crippen molar-refractivity contribution in [1.29, 1.82) is 0 Å². The molecular weight excluding hydrogens is 236 g/mol. The molecule has 1 amide bonds. The van der Waals surface area contributed by atoms with E-state index in [4.69, 9.17) is 15.2 Å². The number of imidazole rings is 1. The van der Waals surface area contributed by atoms with E-state index in [1.807, 2.05) is 4.57 Å². The topological polar surface area (TPSA) is 91.4 Å². The van der Waals surface area contributed by atoms with Crippen LogP contribution in [0.4, 0.5) is 0 Å². The summed E-state index contributed by atoms with van der Waals surface area (Å²) in [5.41, 5.74) is 6.03. The van der Waals surface area contributed by atoms with E-state index in [0.29, 0.717) is 19.8 Å². The van der Waals surface area contributed by atoms with Crippen molar-refractivity contribution in [1.82, 2.24) is 14.9 Å². The summed E-state index contributed by atoms with van der Waals surface area (Å²) >= 11 is 0. The second-order valence-corrected chi connectivity index (χ2v) is 3.77. The number of primary amides is 1. The van der Waals surface area contributed by atoms with Crippen LogP contribution in [-0.2, 0) is 27.4 Å². The van der Waals surface area contributed by atoms with Crippen molar-refractivity contribution in [2.24, 2.45) is 5.73 Å². The number of methoxy groups -OCH3 is 1. The lowest BCUT2D eigenvalue weighted by molar-refractivity contribution is -0.122. The summed E-state index contributed by atoms with van der Waals surface area (Å²) in [7, 11) is 1.67. The van der Waals surface area contributed by atoms with E-state index in [-0.39, 0.29) is 6.61 Å². The molecule has 0 bridgehead atoms. The molecule has 3 N–H and O–H groups in total. The van der Waals surface area contributed by atoms with Crippen molar-refractivity contribution in [3.05, 3.63) is 18.2 Å². The molecule has 0 saturated heterocycles. The van der Waals surface area contributed by atoms with Crippen LogP contribution in [-0.4, -0.2) is 48.9 Å². The third kappa shape index (κ3) is 5.76. The minimum Gasteiger partial charge on any atom is -0.383 e. The zero-order valence-corrected chi connectivity index (χ0v) is 10.6. The summed E-state index contributed by atoms with van der Waals surface area (Å²) in [6.45, 7) is 3.23. The Balaban J connectivity index is 2.24. The maximum atomic E-state index is 10.5. The Labute approximate surface area is 106 Å². The number of amides is 1. The number of aromatic nitrogens is 2. The predicted molar refractivity (Wildman–Crippen MR) is 65.8 cm³/mol. The van der Waals surface area contributed by atoms with Crippen LogP contribution in [0, 0.1) is 0 Å². The van der Waals surface area contributed by atoms with Crippen LogP contribution in [0.3, 0.4) is 0 Å². The van der Waals surface area contributed by atoms with E-state index >= 15 is 0 Å². The van der Waals surface area contributed by atoms with Crippen LogP contribution in [0.2, 0.25) is 0 Å². The number of hydrogen-bond acceptors (Lipinski definition) is 5. The maximum absolute atomic E-state index is 10.5. The van der Waals surface area contributed by atoms with Gasteiger partial charge in [-0.2, -0.15) is 0 Å². The molecule has 0 radical (unpaired) electrons. The first-order valence-corrected chi connectivity index (χ1v) is 5.78. The first-order chi connectivity index (χ1) is 8.74. The molecule has 18 heavy (non-hydrogen) atoms. The Bertz CT molecular complexity index is 354. The van der Waals surface area contributed by atoms with E-state index < -0.39 is 5.91 Å². The highest BCUT2D eigenvalue weighted by atomic mass is 16.5. The van der Waals surface area contributed by atoms with E-state index in [1.54, 1.807) is 19.6 Å². The van der Waals surface area contributed by atoms with Crippen LogP contribution < -0.4 is 11.1 Å². The molecule has 7 heteroatoms. The predicted octanol–water partition coefficient (Wildman–Crippen LogP) is -0.879. The molecule has 1 aromatic heterocycles. The Morgan fingerprint density at radius 1 is 1.56 bits per heavy atom. The van der Waals surface area contributed by atoms with Gasteiger partial charge in [-0.25, -0.2) is 4.98 Å². The smallest absolute Gasteiger partial charge is 0.243 e. The zero-order chi connectivity index (χ0) is 13.2. The molecule has 0 atom stereocenters. The van der Waals surface area contributed by atoms with Crippen LogP contribution in [0.1, 0.15) is 5.69 Å². The molecule has 1 rings (SSSR count). The van der Waals surface area contributed by atoms with E-state index in [9.17, 15) is 4.79 Å². The lowest BCUT2D eigenvalue weighted by atomic mass is 10.4. The van der Waals surface area contributed by atoms with Gasteiger partial charge in [0.15, 0.2) is 0 Å². The number of nitrogens with zero attached hydrogens (tertiary/aromatic N) is 2. The van der Waals surface area contributed by atoms with Crippen molar-refractivity contribution >= 4 is 5.91 Å².